The fourth-order valence-corrected chi connectivity index (χ4v) is 1.81. The van der Waals surface area contributed by atoms with Crippen molar-refractivity contribution in [1.82, 2.24) is 9.97 Å². The van der Waals surface area contributed by atoms with Crippen LogP contribution >= 0.6 is 46.4 Å². The molecular formula is C9H6Cl4N2. The Morgan fingerprint density at radius 3 is 2.33 bits per heavy atom. The summed E-state index contributed by atoms with van der Waals surface area (Å²) in [4.78, 5) is 7.16. The number of benzene rings is 1. The predicted molar refractivity (Wildman–Crippen MR) is 65.2 cm³/mol. The second kappa shape index (κ2) is 3.70. The Labute approximate surface area is 106 Å². The van der Waals surface area contributed by atoms with Crippen molar-refractivity contribution < 1.29 is 0 Å². The Morgan fingerprint density at radius 2 is 1.80 bits per heavy atom. The average Bonchev–Trinajstić information content (AvgIpc) is 2.56. The van der Waals surface area contributed by atoms with Crippen molar-refractivity contribution in [2.24, 2.45) is 0 Å². The molecule has 80 valence electrons. The van der Waals surface area contributed by atoms with Crippen molar-refractivity contribution in [3.63, 3.8) is 0 Å². The van der Waals surface area contributed by atoms with Crippen molar-refractivity contribution in [2.75, 3.05) is 0 Å². The van der Waals surface area contributed by atoms with E-state index in [0.717, 1.165) is 0 Å². The smallest absolute Gasteiger partial charge is 0.172 e. The fourth-order valence-electron chi connectivity index (χ4n) is 1.24. The molecule has 15 heavy (non-hydrogen) atoms. The number of rotatable bonds is 1. The molecule has 1 aromatic carbocycles. The lowest BCUT2D eigenvalue weighted by Gasteiger charge is -2.07. The van der Waals surface area contributed by atoms with E-state index in [1.807, 2.05) is 0 Å². The van der Waals surface area contributed by atoms with Gasteiger partial charge in [0.1, 0.15) is 11.3 Å². The molecule has 0 saturated heterocycles. The van der Waals surface area contributed by atoms with Gasteiger partial charge in [0, 0.05) is 0 Å². The average molecular weight is 284 g/mol. The van der Waals surface area contributed by atoms with Crippen molar-refractivity contribution in [2.45, 2.75) is 11.3 Å². The third kappa shape index (κ3) is 2.04. The van der Waals surface area contributed by atoms with Crippen LogP contribution in [0, 0.1) is 0 Å². The summed E-state index contributed by atoms with van der Waals surface area (Å²) in [6.45, 7) is 1.62. The number of H-pyrrole nitrogens is 1. The number of fused-ring (bicyclic) bond motifs is 1. The maximum Gasteiger partial charge on any atom is 0.172 e. The molecule has 0 unspecified atom stereocenters. The van der Waals surface area contributed by atoms with Crippen molar-refractivity contribution in [3.05, 3.63) is 28.0 Å². The van der Waals surface area contributed by atoms with Gasteiger partial charge < -0.3 is 4.98 Å². The minimum atomic E-state index is -1.09. The van der Waals surface area contributed by atoms with Gasteiger partial charge in [0.05, 0.1) is 15.6 Å². The van der Waals surface area contributed by atoms with E-state index in [2.05, 4.69) is 9.97 Å². The predicted octanol–water partition coefficient (Wildman–Crippen LogP) is 4.52. The lowest BCUT2D eigenvalue weighted by atomic mass is 10.3. The summed E-state index contributed by atoms with van der Waals surface area (Å²) in [5.41, 5.74) is 1.22. The molecule has 0 aliphatic heterocycles. The number of halogens is 4. The van der Waals surface area contributed by atoms with Gasteiger partial charge in [0.15, 0.2) is 4.33 Å². The first-order valence-corrected chi connectivity index (χ1v) is 5.63. The zero-order valence-corrected chi connectivity index (χ0v) is 10.6. The van der Waals surface area contributed by atoms with Crippen LogP contribution in [0.1, 0.15) is 12.7 Å². The number of nitrogens with zero attached hydrogens (tertiary/aromatic N) is 1. The maximum absolute atomic E-state index is 5.98. The van der Waals surface area contributed by atoms with Gasteiger partial charge in [-0.2, -0.15) is 0 Å². The molecule has 0 saturated carbocycles. The number of alkyl halides is 2. The number of hydrogen-bond acceptors (Lipinski definition) is 1. The molecule has 0 radical (unpaired) electrons. The monoisotopic (exact) mass is 282 g/mol. The Kier molecular flexibility index (Phi) is 2.80. The molecule has 0 amide bonds. The summed E-state index contributed by atoms with van der Waals surface area (Å²) >= 11 is 23.8. The highest BCUT2D eigenvalue weighted by Crippen LogP contribution is 2.35. The molecule has 2 rings (SSSR count). The second-order valence-electron chi connectivity index (χ2n) is 3.23. The summed E-state index contributed by atoms with van der Waals surface area (Å²) in [6, 6.07) is 3.37. The second-order valence-corrected chi connectivity index (χ2v) is 5.75. The Hall–Kier alpha value is -0.150. The van der Waals surface area contributed by atoms with Gasteiger partial charge in [-0.25, -0.2) is 4.98 Å². The van der Waals surface area contributed by atoms with E-state index in [-0.39, 0.29) is 0 Å². The standard InChI is InChI=1S/C9H6Cl4N2/c1-9(12,13)8-14-6-4(10)2-3-5(11)7(6)15-8/h2-3H,1H3,(H,14,15). The molecule has 0 bridgehead atoms. The molecule has 6 heteroatoms. The van der Waals surface area contributed by atoms with Crippen molar-refractivity contribution in [1.29, 1.82) is 0 Å². The quantitative estimate of drug-likeness (QED) is 0.766. The van der Waals surface area contributed by atoms with E-state index < -0.39 is 4.33 Å². The molecule has 0 spiro atoms. The molecule has 1 N–H and O–H groups in total. The number of imidazole rings is 1. The maximum atomic E-state index is 5.98. The van der Waals surface area contributed by atoms with E-state index in [1.165, 1.54) is 0 Å². The largest absolute Gasteiger partial charge is 0.338 e. The van der Waals surface area contributed by atoms with Crippen molar-refractivity contribution in [3.8, 4) is 0 Å². The van der Waals surface area contributed by atoms with E-state index in [4.69, 9.17) is 46.4 Å². The Morgan fingerprint density at radius 1 is 1.20 bits per heavy atom. The molecule has 0 atom stereocenters. The van der Waals surface area contributed by atoms with Gasteiger partial charge >= 0.3 is 0 Å². The molecule has 0 fully saturated rings. The zero-order chi connectivity index (χ0) is 11.2. The zero-order valence-electron chi connectivity index (χ0n) is 7.61. The molecular weight excluding hydrogens is 278 g/mol. The van der Waals surface area contributed by atoms with Crippen LogP contribution in [0.15, 0.2) is 12.1 Å². The lowest BCUT2D eigenvalue weighted by Crippen LogP contribution is -2.05. The normalized spacial score (nSPS) is 12.3. The van der Waals surface area contributed by atoms with Crippen LogP contribution in [0.25, 0.3) is 11.0 Å². The van der Waals surface area contributed by atoms with Crippen LogP contribution < -0.4 is 0 Å². The van der Waals surface area contributed by atoms with Gasteiger partial charge in [0.2, 0.25) is 0 Å². The highest BCUT2D eigenvalue weighted by Gasteiger charge is 2.25. The fraction of sp³-hybridized carbons (Fsp3) is 0.222. The van der Waals surface area contributed by atoms with Crippen molar-refractivity contribution >= 4 is 57.4 Å². The number of nitrogens with one attached hydrogen (secondary N) is 1. The van der Waals surface area contributed by atoms with Crippen LogP contribution in [0.4, 0.5) is 0 Å². The molecule has 0 aliphatic rings. The van der Waals surface area contributed by atoms with E-state index in [1.54, 1.807) is 19.1 Å². The van der Waals surface area contributed by atoms with Gasteiger partial charge in [0.25, 0.3) is 0 Å². The molecule has 2 aromatic rings. The van der Waals surface area contributed by atoms with Crippen LogP contribution in [-0.2, 0) is 4.33 Å². The van der Waals surface area contributed by atoms with Gasteiger partial charge in [-0.1, -0.05) is 46.4 Å². The first kappa shape index (κ1) is 11.3. The van der Waals surface area contributed by atoms with Crippen LogP contribution in [0.2, 0.25) is 10.0 Å². The third-order valence-corrected chi connectivity index (χ3v) is 2.94. The van der Waals surface area contributed by atoms with E-state index in [0.29, 0.717) is 26.9 Å². The minimum Gasteiger partial charge on any atom is -0.338 e. The highest BCUT2D eigenvalue weighted by molar-refractivity contribution is 6.47. The first-order chi connectivity index (χ1) is 6.89. The molecule has 0 aliphatic carbocycles. The SMILES string of the molecule is CC(Cl)(Cl)c1nc2c(Cl)ccc(Cl)c2[nH]1. The van der Waals surface area contributed by atoms with E-state index in [9.17, 15) is 0 Å². The third-order valence-electron chi connectivity index (χ3n) is 1.96. The number of aromatic nitrogens is 2. The lowest BCUT2D eigenvalue weighted by molar-refractivity contribution is 0.881. The van der Waals surface area contributed by atoms with Crippen LogP contribution in [0.5, 0.6) is 0 Å². The minimum absolute atomic E-state index is 0.427. The summed E-state index contributed by atoms with van der Waals surface area (Å²) in [5.74, 6) is 0.427. The number of aromatic amines is 1. The van der Waals surface area contributed by atoms with Crippen LogP contribution in [-0.4, -0.2) is 9.97 Å². The highest BCUT2D eigenvalue weighted by atomic mass is 35.5. The summed E-state index contributed by atoms with van der Waals surface area (Å²) in [7, 11) is 0. The molecule has 2 nitrogen and oxygen atoms in total. The molecule has 1 aromatic heterocycles. The van der Waals surface area contributed by atoms with E-state index >= 15 is 0 Å². The first-order valence-electron chi connectivity index (χ1n) is 4.11. The van der Waals surface area contributed by atoms with Gasteiger partial charge in [-0.3, -0.25) is 0 Å². The Balaban J connectivity index is 2.76. The number of hydrogen-bond donors (Lipinski definition) is 1. The van der Waals surface area contributed by atoms with Gasteiger partial charge in [-0.05, 0) is 19.1 Å². The topological polar surface area (TPSA) is 28.7 Å². The summed E-state index contributed by atoms with van der Waals surface area (Å²) in [5, 5.41) is 1.04. The van der Waals surface area contributed by atoms with Crippen LogP contribution in [0.3, 0.4) is 0 Å². The Bertz CT molecular complexity index is 474. The molecule has 1 heterocycles. The summed E-state index contributed by atoms with van der Waals surface area (Å²) in [6.07, 6.45) is 0. The summed E-state index contributed by atoms with van der Waals surface area (Å²) < 4.78 is -1.09. The van der Waals surface area contributed by atoms with Gasteiger partial charge in [-0.15, -0.1) is 0 Å².